The molecule has 0 spiro atoms. The van der Waals surface area contributed by atoms with Crippen LogP contribution >= 0.6 is 11.6 Å². The van der Waals surface area contributed by atoms with E-state index in [1.54, 1.807) is 18.2 Å². The summed E-state index contributed by atoms with van der Waals surface area (Å²) in [5, 5.41) is 4.13. The zero-order valence-corrected chi connectivity index (χ0v) is 12.7. The Labute approximate surface area is 125 Å². The number of halogens is 1. The number of nitrogens with one attached hydrogen (secondary N) is 1. The van der Waals surface area contributed by atoms with Gasteiger partial charge in [-0.15, -0.1) is 0 Å². The van der Waals surface area contributed by atoms with Crippen molar-refractivity contribution in [3.63, 3.8) is 0 Å². The second-order valence-corrected chi connectivity index (χ2v) is 6.09. The number of amides is 1. The van der Waals surface area contributed by atoms with Gasteiger partial charge < -0.3 is 11.1 Å². The van der Waals surface area contributed by atoms with Crippen LogP contribution in [0.15, 0.2) is 18.2 Å². The Morgan fingerprint density at radius 2 is 2.15 bits per heavy atom. The molecule has 1 aliphatic carbocycles. The predicted octanol–water partition coefficient (Wildman–Crippen LogP) is 4.21. The lowest BCUT2D eigenvalue weighted by atomic mass is 9.98. The molecule has 1 fully saturated rings. The van der Waals surface area contributed by atoms with Gasteiger partial charge in [-0.25, -0.2) is 0 Å². The lowest BCUT2D eigenvalue weighted by Crippen LogP contribution is -2.19. The Bertz CT molecular complexity index is 476. The highest BCUT2D eigenvalue weighted by molar-refractivity contribution is 6.33. The van der Waals surface area contributed by atoms with Crippen molar-refractivity contribution in [2.75, 3.05) is 5.32 Å². The average Bonchev–Trinajstić information content (AvgIpc) is 2.66. The van der Waals surface area contributed by atoms with Crippen molar-refractivity contribution < 1.29 is 4.79 Å². The Kier molecular flexibility index (Phi) is 5.30. The van der Waals surface area contributed by atoms with Gasteiger partial charge in [0.1, 0.15) is 0 Å². The van der Waals surface area contributed by atoms with Gasteiger partial charge in [0, 0.05) is 11.6 Å². The predicted molar refractivity (Wildman–Crippen MR) is 84.2 cm³/mol. The molecule has 1 aromatic carbocycles. The maximum atomic E-state index is 11.2. The molecule has 1 aliphatic rings. The summed E-state index contributed by atoms with van der Waals surface area (Å²) in [7, 11) is 0. The maximum Gasteiger partial charge on any atom is 0.248 e. The minimum atomic E-state index is -0.420. The van der Waals surface area contributed by atoms with Crippen LogP contribution in [0.5, 0.6) is 0 Å². The van der Waals surface area contributed by atoms with E-state index < -0.39 is 5.91 Å². The number of carbonyl (C=O) groups excluding carboxylic acids is 1. The first-order chi connectivity index (χ1) is 9.60. The molecule has 3 N–H and O–H groups in total. The molecule has 4 heteroatoms. The molecule has 3 nitrogen and oxygen atoms in total. The van der Waals surface area contributed by atoms with Gasteiger partial charge in [0.2, 0.25) is 5.91 Å². The van der Waals surface area contributed by atoms with E-state index in [1.807, 2.05) is 0 Å². The van der Waals surface area contributed by atoms with Crippen molar-refractivity contribution in [1.82, 2.24) is 0 Å². The summed E-state index contributed by atoms with van der Waals surface area (Å²) in [6, 6.07) is 5.59. The molecular formula is C16H23ClN2O. The van der Waals surface area contributed by atoms with E-state index in [9.17, 15) is 4.79 Å². The van der Waals surface area contributed by atoms with Crippen LogP contribution in [0.25, 0.3) is 0 Å². The highest BCUT2D eigenvalue weighted by Gasteiger charge is 2.18. The second-order valence-electron chi connectivity index (χ2n) is 5.68. The van der Waals surface area contributed by atoms with E-state index in [1.165, 1.54) is 25.7 Å². The van der Waals surface area contributed by atoms with Crippen molar-refractivity contribution in [2.24, 2.45) is 11.7 Å². The molecule has 110 valence electrons. The van der Waals surface area contributed by atoms with E-state index in [0.29, 0.717) is 16.6 Å². The minimum Gasteiger partial charge on any atom is -0.381 e. The normalized spacial score (nSPS) is 23.1. The van der Waals surface area contributed by atoms with Crippen LogP contribution in [-0.4, -0.2) is 11.9 Å². The average molecular weight is 295 g/mol. The second kappa shape index (κ2) is 6.98. The minimum absolute atomic E-state index is 0.420. The molecule has 0 heterocycles. The van der Waals surface area contributed by atoms with Gasteiger partial charge in [0.05, 0.1) is 10.7 Å². The smallest absolute Gasteiger partial charge is 0.248 e. The molecule has 0 aliphatic heterocycles. The molecule has 1 aromatic rings. The van der Waals surface area contributed by atoms with Crippen LogP contribution in [-0.2, 0) is 0 Å². The summed E-state index contributed by atoms with van der Waals surface area (Å²) in [6.45, 7) is 2.27. The number of hydrogen-bond donors (Lipinski definition) is 2. The standard InChI is InChI=1S/C16H23ClN2O/c1-2-11-4-3-5-13(8-6-11)19-15-10-12(16(18)20)7-9-14(15)17/h7,9-11,13,19H,2-6,8H2,1H3,(H2,18,20). The summed E-state index contributed by atoms with van der Waals surface area (Å²) >= 11 is 6.20. The molecule has 20 heavy (non-hydrogen) atoms. The lowest BCUT2D eigenvalue weighted by Gasteiger charge is -2.19. The Morgan fingerprint density at radius 3 is 2.85 bits per heavy atom. The highest BCUT2D eigenvalue weighted by atomic mass is 35.5. The van der Waals surface area contributed by atoms with Crippen molar-refractivity contribution >= 4 is 23.2 Å². The van der Waals surface area contributed by atoms with Gasteiger partial charge in [0.15, 0.2) is 0 Å². The van der Waals surface area contributed by atoms with Crippen LogP contribution in [0.2, 0.25) is 5.02 Å². The SMILES string of the molecule is CCC1CCCC(Nc2cc(C(N)=O)ccc2Cl)CC1. The van der Waals surface area contributed by atoms with E-state index in [-0.39, 0.29) is 0 Å². The highest BCUT2D eigenvalue weighted by Crippen LogP contribution is 2.30. The third kappa shape index (κ3) is 3.89. The maximum absolute atomic E-state index is 11.2. The fourth-order valence-corrected chi connectivity index (χ4v) is 3.11. The third-order valence-corrected chi connectivity index (χ3v) is 4.61. The molecule has 2 atom stereocenters. The van der Waals surface area contributed by atoms with Crippen LogP contribution in [0.3, 0.4) is 0 Å². The van der Waals surface area contributed by atoms with Gasteiger partial charge >= 0.3 is 0 Å². The monoisotopic (exact) mass is 294 g/mol. The first-order valence-electron chi connectivity index (χ1n) is 7.46. The molecule has 1 saturated carbocycles. The van der Waals surface area contributed by atoms with Gasteiger partial charge in [-0.05, 0) is 43.4 Å². The fourth-order valence-electron chi connectivity index (χ4n) is 2.94. The van der Waals surface area contributed by atoms with Crippen molar-refractivity contribution in [3.8, 4) is 0 Å². The van der Waals surface area contributed by atoms with Gasteiger partial charge in [0.25, 0.3) is 0 Å². The van der Waals surface area contributed by atoms with Crippen LogP contribution in [0, 0.1) is 5.92 Å². The van der Waals surface area contributed by atoms with E-state index in [0.717, 1.165) is 24.4 Å². The number of carbonyl (C=O) groups is 1. The molecule has 0 aromatic heterocycles. The lowest BCUT2D eigenvalue weighted by molar-refractivity contribution is 0.100. The van der Waals surface area contributed by atoms with E-state index >= 15 is 0 Å². The summed E-state index contributed by atoms with van der Waals surface area (Å²) in [5.41, 5.74) is 6.64. The molecule has 0 saturated heterocycles. The third-order valence-electron chi connectivity index (χ3n) is 4.28. The zero-order chi connectivity index (χ0) is 14.5. The Balaban J connectivity index is 2.05. The largest absolute Gasteiger partial charge is 0.381 e. The molecule has 1 amide bonds. The first-order valence-corrected chi connectivity index (χ1v) is 7.83. The quantitative estimate of drug-likeness (QED) is 0.817. The van der Waals surface area contributed by atoms with Gasteiger partial charge in [-0.1, -0.05) is 37.8 Å². The number of rotatable bonds is 4. The van der Waals surface area contributed by atoms with Crippen LogP contribution in [0.1, 0.15) is 55.8 Å². The fraction of sp³-hybridized carbons (Fsp3) is 0.562. The summed E-state index contributed by atoms with van der Waals surface area (Å²) in [5.74, 6) is 0.436. The summed E-state index contributed by atoms with van der Waals surface area (Å²) in [6.07, 6.45) is 7.43. The number of primary amides is 1. The zero-order valence-electron chi connectivity index (χ0n) is 12.0. The summed E-state index contributed by atoms with van der Waals surface area (Å²) in [4.78, 5) is 11.2. The number of hydrogen-bond acceptors (Lipinski definition) is 2. The number of anilines is 1. The van der Waals surface area contributed by atoms with Crippen molar-refractivity contribution in [1.29, 1.82) is 0 Å². The Morgan fingerprint density at radius 1 is 1.35 bits per heavy atom. The van der Waals surface area contributed by atoms with E-state index in [2.05, 4.69) is 12.2 Å². The molecule has 2 unspecified atom stereocenters. The van der Waals surface area contributed by atoms with Gasteiger partial charge in [-0.3, -0.25) is 4.79 Å². The summed E-state index contributed by atoms with van der Waals surface area (Å²) < 4.78 is 0. The molecule has 0 radical (unpaired) electrons. The number of nitrogens with two attached hydrogens (primary N) is 1. The van der Waals surface area contributed by atoms with Crippen LogP contribution in [0.4, 0.5) is 5.69 Å². The topological polar surface area (TPSA) is 55.1 Å². The van der Waals surface area contributed by atoms with Gasteiger partial charge in [-0.2, -0.15) is 0 Å². The van der Waals surface area contributed by atoms with Crippen molar-refractivity contribution in [3.05, 3.63) is 28.8 Å². The molecule has 2 rings (SSSR count). The molecule has 0 bridgehead atoms. The Hall–Kier alpha value is -1.22. The number of benzene rings is 1. The first kappa shape index (κ1) is 15.2. The molecular weight excluding hydrogens is 272 g/mol. The van der Waals surface area contributed by atoms with Crippen LogP contribution < -0.4 is 11.1 Å². The van der Waals surface area contributed by atoms with E-state index in [4.69, 9.17) is 17.3 Å². The van der Waals surface area contributed by atoms with Crippen molar-refractivity contribution in [2.45, 2.75) is 51.5 Å².